The first-order chi connectivity index (χ1) is 4.36. The Kier molecular flexibility index (Phi) is 1.39. The van der Waals surface area contributed by atoms with Crippen LogP contribution in [0.3, 0.4) is 0 Å². The molecule has 0 saturated carbocycles. The second-order valence-electron chi connectivity index (χ2n) is 1.98. The van der Waals surface area contributed by atoms with Gasteiger partial charge in [0, 0.05) is 0 Å². The second-order valence-corrected chi connectivity index (χ2v) is 1.98. The van der Waals surface area contributed by atoms with E-state index in [1.165, 1.54) is 0 Å². The third kappa shape index (κ3) is 1.21. The van der Waals surface area contributed by atoms with E-state index in [0.29, 0.717) is 0 Å². The van der Waals surface area contributed by atoms with Gasteiger partial charge in [0.25, 0.3) is 12.0 Å². The topological polar surface area (TPSA) is 12.5 Å². The summed E-state index contributed by atoms with van der Waals surface area (Å²) >= 11 is 0. The largest absolute Gasteiger partial charge is 0.425 e. The van der Waals surface area contributed by atoms with Gasteiger partial charge in [-0.3, -0.25) is 0 Å². The molecule has 0 spiro atoms. The van der Waals surface area contributed by atoms with E-state index in [1.54, 1.807) is 0 Å². The minimum absolute atomic E-state index is 0.812. The van der Waals surface area contributed by atoms with Crippen molar-refractivity contribution >= 4 is 0 Å². The summed E-state index contributed by atoms with van der Waals surface area (Å²) in [4.78, 5) is 0. The summed E-state index contributed by atoms with van der Waals surface area (Å²) in [7, 11) is 0. The smallest absolute Gasteiger partial charge is 0.335 e. The summed E-state index contributed by atoms with van der Waals surface area (Å²) in [5.74, 6) is -3.10. The minimum Gasteiger partial charge on any atom is -0.335 e. The molecule has 1 rings (SSSR count). The van der Waals surface area contributed by atoms with E-state index in [4.69, 9.17) is 0 Å². The van der Waals surface area contributed by atoms with Crippen LogP contribution in [0.5, 0.6) is 0 Å². The van der Waals surface area contributed by atoms with Crippen LogP contribution < -0.4 is 0 Å². The average Bonchev–Trinajstić information content (AvgIpc) is 2.45. The van der Waals surface area contributed by atoms with Crippen LogP contribution in [-0.4, -0.2) is 24.8 Å². The predicted molar refractivity (Wildman–Crippen MR) is 20.7 cm³/mol. The molecule has 2 atom stereocenters. The van der Waals surface area contributed by atoms with Crippen LogP contribution in [0.15, 0.2) is 0 Å². The Bertz CT molecular complexity index is 132. The van der Waals surface area contributed by atoms with Crippen molar-refractivity contribution in [2.24, 2.45) is 0 Å². The molecule has 6 heteroatoms. The zero-order valence-corrected chi connectivity index (χ0v) is 4.58. The third-order valence-electron chi connectivity index (χ3n) is 1.09. The van der Waals surface area contributed by atoms with Gasteiger partial charge < -0.3 is 4.74 Å². The van der Waals surface area contributed by atoms with Crippen molar-refractivity contribution in [3.8, 4) is 0 Å². The van der Waals surface area contributed by atoms with Crippen molar-refractivity contribution in [3.63, 3.8) is 0 Å². The van der Waals surface area contributed by atoms with E-state index in [-0.39, 0.29) is 0 Å². The lowest BCUT2D eigenvalue weighted by atomic mass is 10.2. The van der Waals surface area contributed by atoms with Gasteiger partial charge in [-0.05, 0) is 0 Å². The fraction of sp³-hybridized carbons (Fsp3) is 1.00. The lowest BCUT2D eigenvalue weighted by molar-refractivity contribution is -0.213. The van der Waals surface area contributed by atoms with Crippen molar-refractivity contribution in [1.82, 2.24) is 0 Å². The van der Waals surface area contributed by atoms with Crippen molar-refractivity contribution in [1.29, 1.82) is 0 Å². The Morgan fingerprint density at radius 3 is 1.90 bits per heavy atom. The lowest BCUT2D eigenvalue weighted by Crippen LogP contribution is -2.35. The summed E-state index contributed by atoms with van der Waals surface area (Å²) in [6.07, 6.45) is -8.68. The van der Waals surface area contributed by atoms with Gasteiger partial charge in [0.2, 0.25) is 0 Å². The van der Waals surface area contributed by atoms with E-state index >= 15 is 0 Å². The number of hydrogen-bond donors (Lipinski definition) is 0. The van der Waals surface area contributed by atoms with Gasteiger partial charge in [0.1, 0.15) is 6.61 Å². The SMILES string of the molecule is FC(C(F)(F)F)C1(F)CO1. The van der Waals surface area contributed by atoms with E-state index in [0.717, 1.165) is 0 Å². The highest BCUT2D eigenvalue weighted by Crippen LogP contribution is 2.42. The summed E-state index contributed by atoms with van der Waals surface area (Å²) in [5, 5.41) is 0. The molecule has 1 fully saturated rings. The monoisotopic (exact) mass is 162 g/mol. The number of rotatable bonds is 1. The molecule has 0 N–H and O–H groups in total. The van der Waals surface area contributed by atoms with Crippen LogP contribution in [-0.2, 0) is 4.74 Å². The normalized spacial score (nSPS) is 35.7. The van der Waals surface area contributed by atoms with Crippen LogP contribution >= 0.6 is 0 Å². The molecular weight excluding hydrogens is 159 g/mol. The molecular formula is C4H3F5O. The Hall–Kier alpha value is -0.390. The predicted octanol–water partition coefficient (Wildman–Crippen LogP) is 1.58. The van der Waals surface area contributed by atoms with Crippen molar-refractivity contribution in [3.05, 3.63) is 0 Å². The molecule has 0 radical (unpaired) electrons. The van der Waals surface area contributed by atoms with Crippen molar-refractivity contribution in [2.45, 2.75) is 18.2 Å². The number of hydrogen-bond acceptors (Lipinski definition) is 1. The number of epoxide rings is 1. The fourth-order valence-electron chi connectivity index (χ4n) is 0.460. The van der Waals surface area contributed by atoms with E-state index in [2.05, 4.69) is 4.74 Å². The van der Waals surface area contributed by atoms with Crippen LogP contribution in [0.25, 0.3) is 0 Å². The molecule has 10 heavy (non-hydrogen) atoms. The molecule has 0 aromatic rings. The van der Waals surface area contributed by atoms with Gasteiger partial charge in [-0.15, -0.1) is 0 Å². The highest BCUT2D eigenvalue weighted by atomic mass is 19.4. The fourth-order valence-corrected chi connectivity index (χ4v) is 0.460. The van der Waals surface area contributed by atoms with Gasteiger partial charge >= 0.3 is 6.18 Å². The van der Waals surface area contributed by atoms with Gasteiger partial charge in [-0.25, -0.2) is 8.78 Å². The Morgan fingerprint density at radius 1 is 1.40 bits per heavy atom. The molecule has 0 aliphatic carbocycles. The zero-order chi connectivity index (χ0) is 7.99. The van der Waals surface area contributed by atoms with E-state index in [9.17, 15) is 22.0 Å². The van der Waals surface area contributed by atoms with Crippen LogP contribution in [0.2, 0.25) is 0 Å². The molecule has 0 bridgehead atoms. The highest BCUT2D eigenvalue weighted by Gasteiger charge is 2.64. The maximum Gasteiger partial charge on any atom is 0.425 e. The standard InChI is InChI=1S/C4H3F5O/c5-2(4(7,8)9)3(6)1-10-3/h2H,1H2. The molecule has 0 aromatic heterocycles. The molecule has 1 aliphatic heterocycles. The molecule has 1 aliphatic rings. The first-order valence-corrected chi connectivity index (χ1v) is 2.40. The number of ether oxygens (including phenoxy) is 1. The van der Waals surface area contributed by atoms with Gasteiger partial charge in [0.15, 0.2) is 0 Å². The van der Waals surface area contributed by atoms with E-state index in [1.807, 2.05) is 0 Å². The highest BCUT2D eigenvalue weighted by molar-refractivity contribution is 4.92. The quantitative estimate of drug-likeness (QED) is 0.421. The van der Waals surface area contributed by atoms with Gasteiger partial charge in [-0.1, -0.05) is 0 Å². The summed E-state index contributed by atoms with van der Waals surface area (Å²) < 4.78 is 61.4. The Morgan fingerprint density at radius 2 is 1.80 bits per heavy atom. The molecule has 1 saturated heterocycles. The summed E-state index contributed by atoms with van der Waals surface area (Å²) in [6.45, 7) is -0.812. The molecule has 60 valence electrons. The van der Waals surface area contributed by atoms with Crippen LogP contribution in [0.1, 0.15) is 0 Å². The Balaban J connectivity index is 2.57. The third-order valence-corrected chi connectivity index (χ3v) is 1.09. The van der Waals surface area contributed by atoms with Crippen LogP contribution in [0, 0.1) is 0 Å². The molecule has 1 heterocycles. The number of halogens is 5. The first-order valence-electron chi connectivity index (χ1n) is 2.40. The summed E-state index contributed by atoms with van der Waals surface area (Å²) in [5.41, 5.74) is 0. The maximum absolute atomic E-state index is 12.1. The average molecular weight is 162 g/mol. The molecule has 0 amide bonds. The Labute approximate surface area is 52.8 Å². The van der Waals surface area contributed by atoms with Gasteiger partial charge in [-0.2, -0.15) is 13.2 Å². The van der Waals surface area contributed by atoms with Crippen LogP contribution in [0.4, 0.5) is 22.0 Å². The molecule has 1 nitrogen and oxygen atoms in total. The van der Waals surface area contributed by atoms with Gasteiger partial charge in [0.05, 0.1) is 0 Å². The molecule has 2 unspecified atom stereocenters. The first kappa shape index (κ1) is 7.71. The second kappa shape index (κ2) is 1.81. The maximum atomic E-state index is 12.1. The number of alkyl halides is 5. The lowest BCUT2D eigenvalue weighted by Gasteiger charge is -2.11. The van der Waals surface area contributed by atoms with Crippen molar-refractivity contribution < 1.29 is 26.7 Å². The van der Waals surface area contributed by atoms with Crippen molar-refractivity contribution in [2.75, 3.05) is 6.61 Å². The van der Waals surface area contributed by atoms with E-state index < -0.39 is 24.8 Å². The molecule has 0 aromatic carbocycles. The minimum atomic E-state index is -5.16. The zero-order valence-electron chi connectivity index (χ0n) is 4.58. The summed E-state index contributed by atoms with van der Waals surface area (Å²) in [6, 6.07) is 0.